The van der Waals surface area contributed by atoms with E-state index >= 15 is 0 Å². The van der Waals surface area contributed by atoms with Crippen molar-refractivity contribution < 1.29 is 13.2 Å². The van der Waals surface area contributed by atoms with Crippen molar-refractivity contribution in [3.05, 3.63) is 120 Å². The maximum absolute atomic E-state index is 13.4. The summed E-state index contributed by atoms with van der Waals surface area (Å²) in [6.45, 7) is 1.94. The van der Waals surface area contributed by atoms with Crippen LogP contribution in [0, 0.1) is 6.92 Å². The second-order valence-electron chi connectivity index (χ2n) is 7.16. The van der Waals surface area contributed by atoms with E-state index in [1.807, 2.05) is 79.7 Å². The molecule has 4 aromatic rings. The van der Waals surface area contributed by atoms with Gasteiger partial charge < -0.3 is 4.74 Å². The largest absolute Gasteiger partial charge is 0.497 e. The van der Waals surface area contributed by atoms with Crippen molar-refractivity contribution in [3.8, 4) is 5.75 Å². The summed E-state index contributed by atoms with van der Waals surface area (Å²) >= 11 is 0. The summed E-state index contributed by atoms with van der Waals surface area (Å²) in [7, 11) is -2.10. The van der Waals surface area contributed by atoms with Crippen LogP contribution >= 0.6 is 0 Å². The summed E-state index contributed by atoms with van der Waals surface area (Å²) in [5, 5.41) is 0. The molecule has 1 heterocycles. The fourth-order valence-electron chi connectivity index (χ4n) is 3.62. The van der Waals surface area contributed by atoms with Gasteiger partial charge in [0.2, 0.25) is 0 Å². The molecule has 152 valence electrons. The molecular formula is C25H23NO3S. The first-order chi connectivity index (χ1) is 14.5. The second kappa shape index (κ2) is 8.20. The van der Waals surface area contributed by atoms with Crippen LogP contribution in [-0.4, -0.2) is 19.5 Å². The predicted octanol–water partition coefficient (Wildman–Crippen LogP) is 5.22. The summed E-state index contributed by atoms with van der Waals surface area (Å²) in [6, 6.07) is 28.3. The van der Waals surface area contributed by atoms with E-state index in [0.29, 0.717) is 5.69 Å². The molecule has 0 aliphatic heterocycles. The van der Waals surface area contributed by atoms with Gasteiger partial charge in [-0.25, -0.2) is 12.4 Å². The minimum atomic E-state index is -3.72. The third kappa shape index (κ3) is 3.76. The first-order valence-corrected chi connectivity index (χ1v) is 11.1. The molecule has 5 heteroatoms. The number of ether oxygens (including phenoxy) is 1. The Morgan fingerprint density at radius 3 is 2.03 bits per heavy atom. The number of nitrogens with zero attached hydrogens (tertiary/aromatic N) is 1. The average Bonchev–Trinajstić information content (AvgIpc) is 3.26. The number of hydrogen-bond acceptors (Lipinski definition) is 3. The van der Waals surface area contributed by atoms with Gasteiger partial charge in [0.1, 0.15) is 5.75 Å². The summed E-state index contributed by atoms with van der Waals surface area (Å²) < 4.78 is 33.6. The van der Waals surface area contributed by atoms with Crippen LogP contribution < -0.4 is 4.74 Å². The van der Waals surface area contributed by atoms with E-state index in [1.165, 1.54) is 3.97 Å². The Morgan fingerprint density at radius 1 is 0.767 bits per heavy atom. The predicted molar refractivity (Wildman–Crippen MR) is 119 cm³/mol. The minimum Gasteiger partial charge on any atom is -0.497 e. The Kier molecular flexibility index (Phi) is 5.46. The number of aromatic nitrogens is 1. The highest BCUT2D eigenvalue weighted by Crippen LogP contribution is 2.34. The molecule has 0 aliphatic carbocycles. The molecule has 0 saturated carbocycles. The Bertz CT molecular complexity index is 1230. The molecule has 30 heavy (non-hydrogen) atoms. The lowest BCUT2D eigenvalue weighted by Gasteiger charge is -2.21. The summed E-state index contributed by atoms with van der Waals surface area (Å²) in [6.07, 6.45) is 1.62. The lowest BCUT2D eigenvalue weighted by atomic mass is 9.88. The van der Waals surface area contributed by atoms with E-state index < -0.39 is 10.0 Å². The van der Waals surface area contributed by atoms with Crippen molar-refractivity contribution in [1.29, 1.82) is 0 Å². The Labute approximate surface area is 177 Å². The zero-order chi connectivity index (χ0) is 21.1. The van der Waals surface area contributed by atoms with Gasteiger partial charge in [0.05, 0.1) is 17.9 Å². The highest BCUT2D eigenvalue weighted by Gasteiger charge is 2.26. The average molecular weight is 418 g/mol. The van der Waals surface area contributed by atoms with E-state index in [0.717, 1.165) is 22.4 Å². The zero-order valence-electron chi connectivity index (χ0n) is 16.9. The van der Waals surface area contributed by atoms with Crippen LogP contribution in [0.15, 0.2) is 102 Å². The summed E-state index contributed by atoms with van der Waals surface area (Å²) in [4.78, 5) is 0.270. The second-order valence-corrected chi connectivity index (χ2v) is 8.98. The van der Waals surface area contributed by atoms with Crippen LogP contribution in [0.2, 0.25) is 0 Å². The first kappa shape index (κ1) is 20.0. The molecule has 0 spiro atoms. The van der Waals surface area contributed by atoms with Crippen LogP contribution in [0.25, 0.3) is 0 Å². The topological polar surface area (TPSA) is 48.3 Å². The molecule has 0 aliphatic rings. The van der Waals surface area contributed by atoms with E-state index in [4.69, 9.17) is 4.74 Å². The Hall–Kier alpha value is -3.31. The molecule has 0 bridgehead atoms. The molecule has 1 atom stereocenters. The van der Waals surface area contributed by atoms with Crippen LogP contribution in [0.3, 0.4) is 0 Å². The fourth-order valence-corrected chi connectivity index (χ4v) is 5.00. The molecule has 0 radical (unpaired) electrons. The molecule has 0 saturated heterocycles. The van der Waals surface area contributed by atoms with Crippen LogP contribution in [0.1, 0.15) is 28.3 Å². The zero-order valence-corrected chi connectivity index (χ0v) is 17.7. The number of benzene rings is 3. The molecule has 1 aromatic heterocycles. The molecule has 0 N–H and O–H groups in total. The number of rotatable bonds is 6. The molecule has 4 rings (SSSR count). The Morgan fingerprint density at radius 2 is 1.40 bits per heavy atom. The van der Waals surface area contributed by atoms with E-state index in [1.54, 1.807) is 31.5 Å². The lowest BCUT2D eigenvalue weighted by molar-refractivity contribution is 0.414. The van der Waals surface area contributed by atoms with Crippen LogP contribution in [-0.2, 0) is 10.0 Å². The van der Waals surface area contributed by atoms with Gasteiger partial charge in [-0.1, -0.05) is 60.2 Å². The highest BCUT2D eigenvalue weighted by atomic mass is 32.2. The maximum Gasteiger partial charge on any atom is 0.267 e. The van der Waals surface area contributed by atoms with Gasteiger partial charge in [0.15, 0.2) is 0 Å². The summed E-state index contributed by atoms with van der Waals surface area (Å²) in [5.74, 6) is 0.514. The normalized spacial score (nSPS) is 12.5. The van der Waals surface area contributed by atoms with E-state index in [-0.39, 0.29) is 10.8 Å². The SMILES string of the molecule is COc1ccc(C(c2ccccc2)c2cccn2S(=O)(=O)c2ccc(C)cc2)cc1. The molecule has 0 amide bonds. The summed E-state index contributed by atoms with van der Waals surface area (Å²) in [5.41, 5.74) is 3.71. The van der Waals surface area contributed by atoms with Gasteiger partial charge in [0, 0.05) is 11.9 Å². The smallest absolute Gasteiger partial charge is 0.267 e. The van der Waals surface area contributed by atoms with Gasteiger partial charge in [0.25, 0.3) is 10.0 Å². The van der Waals surface area contributed by atoms with Crippen molar-refractivity contribution >= 4 is 10.0 Å². The van der Waals surface area contributed by atoms with Gasteiger partial charge in [-0.2, -0.15) is 0 Å². The minimum absolute atomic E-state index is 0.243. The number of methoxy groups -OCH3 is 1. The molecule has 0 fully saturated rings. The van der Waals surface area contributed by atoms with E-state index in [2.05, 4.69) is 0 Å². The van der Waals surface area contributed by atoms with Gasteiger partial charge in [-0.3, -0.25) is 0 Å². The monoisotopic (exact) mass is 417 g/mol. The van der Waals surface area contributed by atoms with Crippen molar-refractivity contribution in [2.24, 2.45) is 0 Å². The lowest BCUT2D eigenvalue weighted by Crippen LogP contribution is -2.18. The number of aryl methyl sites for hydroxylation is 1. The van der Waals surface area contributed by atoms with E-state index in [9.17, 15) is 8.42 Å². The molecule has 1 unspecified atom stereocenters. The molecular weight excluding hydrogens is 394 g/mol. The van der Waals surface area contributed by atoms with Gasteiger partial charge in [-0.05, 0) is 54.4 Å². The van der Waals surface area contributed by atoms with Crippen molar-refractivity contribution in [3.63, 3.8) is 0 Å². The van der Waals surface area contributed by atoms with Crippen LogP contribution in [0.4, 0.5) is 0 Å². The molecule has 4 nitrogen and oxygen atoms in total. The van der Waals surface area contributed by atoms with Crippen molar-refractivity contribution in [2.45, 2.75) is 17.7 Å². The highest BCUT2D eigenvalue weighted by molar-refractivity contribution is 7.90. The quantitative estimate of drug-likeness (QED) is 0.432. The van der Waals surface area contributed by atoms with Gasteiger partial charge in [-0.15, -0.1) is 0 Å². The standard InChI is InChI=1S/C25H23NO3S/c1-19-10-16-23(17-11-19)30(27,28)26-18-6-9-24(26)25(20-7-4-3-5-8-20)21-12-14-22(29-2)15-13-21/h3-18,25H,1-2H3. The first-order valence-electron chi connectivity index (χ1n) is 9.69. The third-order valence-corrected chi connectivity index (χ3v) is 6.92. The van der Waals surface area contributed by atoms with Gasteiger partial charge >= 0.3 is 0 Å². The maximum atomic E-state index is 13.4. The van der Waals surface area contributed by atoms with Crippen LogP contribution in [0.5, 0.6) is 5.75 Å². The fraction of sp³-hybridized carbons (Fsp3) is 0.120. The van der Waals surface area contributed by atoms with Crippen molar-refractivity contribution in [2.75, 3.05) is 7.11 Å². The Balaban J connectivity index is 1.87. The van der Waals surface area contributed by atoms with Crippen molar-refractivity contribution in [1.82, 2.24) is 3.97 Å². The molecule has 3 aromatic carbocycles. The third-order valence-electron chi connectivity index (χ3n) is 5.20. The number of hydrogen-bond donors (Lipinski definition) is 0.